The topological polar surface area (TPSA) is 40.5 Å². The molecule has 0 bridgehead atoms. The molecular weight excluding hydrogens is 154 g/mol. The second-order valence-corrected chi connectivity index (χ2v) is 4.17. The van der Waals surface area contributed by atoms with Crippen LogP contribution in [0.5, 0.6) is 0 Å². The van der Waals surface area contributed by atoms with Crippen LogP contribution < -0.4 is 0 Å². The number of likely N-dealkylation sites (tertiary alicyclic amines) is 1. The zero-order valence-electron chi connectivity index (χ0n) is 7.36. The predicted octanol–water partition coefficient (Wildman–Crippen LogP) is 0.659. The summed E-state index contributed by atoms with van der Waals surface area (Å²) in [4.78, 5) is 13.0. The van der Waals surface area contributed by atoms with E-state index in [1.54, 1.807) is 0 Å². The minimum Gasteiger partial charge on any atom is -0.481 e. The molecule has 0 spiro atoms. The first-order valence-electron chi connectivity index (χ1n) is 4.60. The SMILES string of the molecule is CN1C[C@H](C(=O)O)[C@@H](C2CC2)C1. The monoisotopic (exact) mass is 169 g/mol. The highest BCUT2D eigenvalue weighted by atomic mass is 16.4. The highest BCUT2D eigenvalue weighted by Gasteiger charge is 2.44. The van der Waals surface area contributed by atoms with Crippen LogP contribution in [0.15, 0.2) is 0 Å². The summed E-state index contributed by atoms with van der Waals surface area (Å²) in [5.74, 6) is 0.460. The van der Waals surface area contributed by atoms with E-state index in [9.17, 15) is 4.79 Å². The summed E-state index contributed by atoms with van der Waals surface area (Å²) in [7, 11) is 2.01. The van der Waals surface area contributed by atoms with E-state index in [1.165, 1.54) is 12.8 Å². The van der Waals surface area contributed by atoms with Gasteiger partial charge < -0.3 is 10.0 Å². The number of nitrogens with zero attached hydrogens (tertiary/aromatic N) is 1. The van der Waals surface area contributed by atoms with Crippen LogP contribution in [-0.4, -0.2) is 36.1 Å². The Kier molecular flexibility index (Phi) is 1.83. The number of hydrogen-bond donors (Lipinski definition) is 1. The average Bonchev–Trinajstić information content (AvgIpc) is 2.75. The summed E-state index contributed by atoms with van der Waals surface area (Å²) in [5, 5.41) is 8.95. The van der Waals surface area contributed by atoms with E-state index in [2.05, 4.69) is 4.90 Å². The Balaban J connectivity index is 2.04. The van der Waals surface area contributed by atoms with E-state index in [-0.39, 0.29) is 5.92 Å². The Bertz CT molecular complexity index is 201. The number of carboxylic acids is 1. The number of carboxylic acid groups (broad SMARTS) is 1. The van der Waals surface area contributed by atoms with Gasteiger partial charge in [0.15, 0.2) is 0 Å². The first-order valence-corrected chi connectivity index (χ1v) is 4.60. The van der Waals surface area contributed by atoms with Crippen LogP contribution in [-0.2, 0) is 4.79 Å². The van der Waals surface area contributed by atoms with E-state index < -0.39 is 5.97 Å². The molecule has 1 saturated heterocycles. The van der Waals surface area contributed by atoms with Gasteiger partial charge in [-0.05, 0) is 31.7 Å². The number of rotatable bonds is 2. The number of carbonyl (C=O) groups is 1. The van der Waals surface area contributed by atoms with Gasteiger partial charge in [0.25, 0.3) is 0 Å². The van der Waals surface area contributed by atoms with Crippen LogP contribution in [0.2, 0.25) is 0 Å². The lowest BCUT2D eigenvalue weighted by molar-refractivity contribution is -0.142. The molecule has 1 N–H and O–H groups in total. The summed E-state index contributed by atoms with van der Waals surface area (Å²) in [5.41, 5.74) is 0. The molecule has 2 aliphatic rings. The Morgan fingerprint density at radius 1 is 1.42 bits per heavy atom. The van der Waals surface area contributed by atoms with Crippen molar-refractivity contribution in [2.75, 3.05) is 20.1 Å². The molecule has 0 aromatic heterocycles. The van der Waals surface area contributed by atoms with Crippen molar-refractivity contribution in [2.24, 2.45) is 17.8 Å². The summed E-state index contributed by atoms with van der Waals surface area (Å²) in [6, 6.07) is 0. The first kappa shape index (κ1) is 8.05. The number of hydrogen-bond acceptors (Lipinski definition) is 2. The van der Waals surface area contributed by atoms with Crippen molar-refractivity contribution in [3.8, 4) is 0 Å². The molecule has 2 fully saturated rings. The summed E-state index contributed by atoms with van der Waals surface area (Å²) in [6.07, 6.45) is 2.50. The summed E-state index contributed by atoms with van der Waals surface area (Å²) in [6.45, 7) is 1.73. The van der Waals surface area contributed by atoms with Crippen molar-refractivity contribution in [3.05, 3.63) is 0 Å². The first-order chi connectivity index (χ1) is 5.68. The highest BCUT2D eigenvalue weighted by molar-refractivity contribution is 5.71. The zero-order valence-corrected chi connectivity index (χ0v) is 7.36. The van der Waals surface area contributed by atoms with Gasteiger partial charge in [0.05, 0.1) is 5.92 Å². The minimum atomic E-state index is -0.601. The van der Waals surface area contributed by atoms with Crippen molar-refractivity contribution < 1.29 is 9.90 Å². The predicted molar refractivity (Wildman–Crippen MR) is 44.8 cm³/mol. The minimum absolute atomic E-state index is 0.0949. The molecule has 0 amide bonds. The maximum Gasteiger partial charge on any atom is 0.308 e. The van der Waals surface area contributed by atoms with Gasteiger partial charge in [0, 0.05) is 13.1 Å². The molecule has 0 aromatic carbocycles. The molecule has 1 saturated carbocycles. The smallest absolute Gasteiger partial charge is 0.308 e. The van der Waals surface area contributed by atoms with Crippen LogP contribution in [0.25, 0.3) is 0 Å². The van der Waals surface area contributed by atoms with Crippen LogP contribution in [0.4, 0.5) is 0 Å². The van der Waals surface area contributed by atoms with Crippen LogP contribution in [0.1, 0.15) is 12.8 Å². The normalized spacial score (nSPS) is 37.1. The van der Waals surface area contributed by atoms with Gasteiger partial charge in [-0.15, -0.1) is 0 Å². The highest BCUT2D eigenvalue weighted by Crippen LogP contribution is 2.43. The molecule has 12 heavy (non-hydrogen) atoms. The third-order valence-electron chi connectivity index (χ3n) is 3.09. The van der Waals surface area contributed by atoms with Crippen molar-refractivity contribution >= 4 is 5.97 Å². The molecule has 3 heteroatoms. The lowest BCUT2D eigenvalue weighted by Crippen LogP contribution is -2.23. The second-order valence-electron chi connectivity index (χ2n) is 4.17. The van der Waals surface area contributed by atoms with Gasteiger partial charge >= 0.3 is 5.97 Å². The molecule has 0 radical (unpaired) electrons. The Morgan fingerprint density at radius 3 is 2.58 bits per heavy atom. The fourth-order valence-corrected chi connectivity index (χ4v) is 2.30. The lowest BCUT2D eigenvalue weighted by atomic mass is 9.92. The Morgan fingerprint density at radius 2 is 2.08 bits per heavy atom. The third kappa shape index (κ3) is 1.33. The van der Waals surface area contributed by atoms with Crippen molar-refractivity contribution in [1.29, 1.82) is 0 Å². The second kappa shape index (κ2) is 2.73. The van der Waals surface area contributed by atoms with E-state index in [0.717, 1.165) is 19.0 Å². The maximum absolute atomic E-state index is 10.9. The quantitative estimate of drug-likeness (QED) is 0.660. The van der Waals surface area contributed by atoms with Crippen molar-refractivity contribution in [1.82, 2.24) is 4.90 Å². The zero-order chi connectivity index (χ0) is 8.72. The van der Waals surface area contributed by atoms with Gasteiger partial charge in [-0.25, -0.2) is 0 Å². The van der Waals surface area contributed by atoms with E-state index >= 15 is 0 Å². The lowest BCUT2D eigenvalue weighted by Gasteiger charge is -2.12. The Labute approximate surface area is 72.4 Å². The van der Waals surface area contributed by atoms with Gasteiger partial charge in [-0.2, -0.15) is 0 Å². The van der Waals surface area contributed by atoms with Crippen LogP contribution >= 0.6 is 0 Å². The third-order valence-corrected chi connectivity index (χ3v) is 3.09. The molecule has 1 aliphatic heterocycles. The summed E-state index contributed by atoms with van der Waals surface area (Å²) >= 11 is 0. The van der Waals surface area contributed by atoms with E-state index in [4.69, 9.17) is 5.11 Å². The molecule has 0 aromatic rings. The van der Waals surface area contributed by atoms with Crippen molar-refractivity contribution in [3.63, 3.8) is 0 Å². The van der Waals surface area contributed by atoms with Gasteiger partial charge in [-0.3, -0.25) is 4.79 Å². The average molecular weight is 169 g/mol. The Hall–Kier alpha value is -0.570. The van der Waals surface area contributed by atoms with Crippen LogP contribution in [0, 0.1) is 17.8 Å². The molecule has 1 heterocycles. The summed E-state index contributed by atoms with van der Waals surface area (Å²) < 4.78 is 0. The largest absolute Gasteiger partial charge is 0.481 e. The van der Waals surface area contributed by atoms with Crippen LogP contribution in [0.3, 0.4) is 0 Å². The van der Waals surface area contributed by atoms with Gasteiger partial charge in [-0.1, -0.05) is 0 Å². The standard InChI is InChI=1S/C9H15NO2/c1-10-4-7(6-2-3-6)8(5-10)9(11)12/h6-8H,2-5H2,1H3,(H,11,12)/t7-,8+/m1/s1. The maximum atomic E-state index is 10.9. The molecule has 2 rings (SSSR count). The molecule has 68 valence electrons. The molecule has 1 aliphatic carbocycles. The molecule has 2 atom stereocenters. The molecule has 3 nitrogen and oxygen atoms in total. The van der Waals surface area contributed by atoms with Gasteiger partial charge in [0.1, 0.15) is 0 Å². The van der Waals surface area contributed by atoms with Gasteiger partial charge in [0.2, 0.25) is 0 Å². The fourth-order valence-electron chi connectivity index (χ4n) is 2.30. The molecular formula is C9H15NO2. The van der Waals surface area contributed by atoms with E-state index in [0.29, 0.717) is 5.92 Å². The van der Waals surface area contributed by atoms with E-state index in [1.807, 2.05) is 7.05 Å². The van der Waals surface area contributed by atoms with Crippen molar-refractivity contribution in [2.45, 2.75) is 12.8 Å². The molecule has 0 unspecified atom stereocenters. The fraction of sp³-hybridized carbons (Fsp3) is 0.889. The number of aliphatic carboxylic acids is 1.